The van der Waals surface area contributed by atoms with Crippen LogP contribution in [0.3, 0.4) is 0 Å². The highest BCUT2D eigenvalue weighted by atomic mass is 35.5. The molecule has 1 heterocycles. The summed E-state index contributed by atoms with van der Waals surface area (Å²) in [5.74, 6) is 1.63. The van der Waals surface area contributed by atoms with Crippen LogP contribution in [0.4, 0.5) is 0 Å². The molecule has 0 radical (unpaired) electrons. The monoisotopic (exact) mass is 276 g/mol. The van der Waals surface area contributed by atoms with Crippen LogP contribution in [0.5, 0.6) is 5.75 Å². The van der Waals surface area contributed by atoms with Crippen molar-refractivity contribution in [1.82, 2.24) is 9.97 Å². The van der Waals surface area contributed by atoms with Crippen LogP contribution in [0.2, 0.25) is 5.15 Å². The Morgan fingerprint density at radius 1 is 1.11 bits per heavy atom. The first-order chi connectivity index (χ1) is 9.22. The molecule has 0 bridgehead atoms. The summed E-state index contributed by atoms with van der Waals surface area (Å²) in [4.78, 5) is 8.64. The number of aromatic nitrogens is 2. The molecule has 0 aliphatic heterocycles. The van der Waals surface area contributed by atoms with E-state index in [-0.39, 0.29) is 0 Å². The van der Waals surface area contributed by atoms with Gasteiger partial charge in [-0.25, -0.2) is 9.97 Å². The zero-order valence-electron chi connectivity index (χ0n) is 11.2. The summed E-state index contributed by atoms with van der Waals surface area (Å²) in [7, 11) is 0. The second-order valence-corrected chi connectivity index (χ2v) is 4.61. The summed E-state index contributed by atoms with van der Waals surface area (Å²) in [6.45, 7) is 4.83. The lowest BCUT2D eigenvalue weighted by atomic mass is 10.1. The lowest BCUT2D eigenvalue weighted by Crippen LogP contribution is -1.96. The van der Waals surface area contributed by atoms with E-state index in [9.17, 15) is 0 Å². The Balaban J connectivity index is 2.24. The van der Waals surface area contributed by atoms with Gasteiger partial charge in [0.05, 0.1) is 12.3 Å². The number of ether oxygens (including phenoxy) is 1. The fourth-order valence-corrected chi connectivity index (χ4v) is 1.91. The van der Waals surface area contributed by atoms with E-state index in [2.05, 4.69) is 16.9 Å². The highest BCUT2D eigenvalue weighted by Gasteiger charge is 2.05. The molecule has 0 amide bonds. The maximum absolute atomic E-state index is 6.00. The largest absolute Gasteiger partial charge is 0.494 e. The summed E-state index contributed by atoms with van der Waals surface area (Å²) in [6.07, 6.45) is 1.77. The third-order valence-electron chi connectivity index (χ3n) is 2.68. The molecule has 0 saturated carbocycles. The zero-order valence-corrected chi connectivity index (χ0v) is 11.9. The van der Waals surface area contributed by atoms with Crippen molar-refractivity contribution in [1.29, 1.82) is 0 Å². The van der Waals surface area contributed by atoms with Gasteiger partial charge >= 0.3 is 0 Å². The summed E-state index contributed by atoms with van der Waals surface area (Å²) < 4.78 is 5.56. The topological polar surface area (TPSA) is 35.0 Å². The molecule has 0 fully saturated rings. The summed E-state index contributed by atoms with van der Waals surface area (Å²) in [6, 6.07) is 9.66. The Kier molecular flexibility index (Phi) is 4.74. The summed E-state index contributed by atoms with van der Waals surface area (Å²) in [5, 5.41) is 0.480. The zero-order chi connectivity index (χ0) is 13.7. The molecule has 1 aromatic heterocycles. The van der Waals surface area contributed by atoms with Gasteiger partial charge in [-0.2, -0.15) is 0 Å². The van der Waals surface area contributed by atoms with Crippen molar-refractivity contribution >= 4 is 11.6 Å². The van der Waals surface area contributed by atoms with Crippen LogP contribution in [-0.4, -0.2) is 16.6 Å². The Labute approximate surface area is 118 Å². The Morgan fingerprint density at radius 3 is 2.47 bits per heavy atom. The van der Waals surface area contributed by atoms with Gasteiger partial charge in [-0.1, -0.05) is 25.4 Å². The number of benzene rings is 1. The Morgan fingerprint density at radius 2 is 1.84 bits per heavy atom. The first-order valence-corrected chi connectivity index (χ1v) is 6.87. The van der Waals surface area contributed by atoms with Gasteiger partial charge in [-0.15, -0.1) is 0 Å². The molecule has 0 aliphatic carbocycles. The van der Waals surface area contributed by atoms with Crippen LogP contribution in [0.15, 0.2) is 30.3 Å². The SMILES string of the molecule is CCCOc1ccc(-c2cc(Cl)nc(CC)n2)cc1. The average Bonchev–Trinajstić information content (AvgIpc) is 2.45. The van der Waals surface area contributed by atoms with Crippen LogP contribution >= 0.6 is 11.6 Å². The maximum atomic E-state index is 6.00. The van der Waals surface area contributed by atoms with Gasteiger partial charge in [0, 0.05) is 18.1 Å². The minimum absolute atomic E-state index is 0.480. The van der Waals surface area contributed by atoms with E-state index >= 15 is 0 Å². The first-order valence-electron chi connectivity index (χ1n) is 6.49. The van der Waals surface area contributed by atoms with Gasteiger partial charge in [-0.05, 0) is 30.7 Å². The van der Waals surface area contributed by atoms with Crippen molar-refractivity contribution in [2.45, 2.75) is 26.7 Å². The van der Waals surface area contributed by atoms with Crippen LogP contribution in [0.1, 0.15) is 26.1 Å². The smallest absolute Gasteiger partial charge is 0.133 e. The molecular weight excluding hydrogens is 260 g/mol. The second-order valence-electron chi connectivity index (χ2n) is 4.22. The van der Waals surface area contributed by atoms with Gasteiger partial charge in [0.1, 0.15) is 16.7 Å². The molecule has 19 heavy (non-hydrogen) atoms. The van der Waals surface area contributed by atoms with Crippen LogP contribution in [0, 0.1) is 0 Å². The van der Waals surface area contributed by atoms with Crippen molar-refractivity contribution in [3.05, 3.63) is 41.3 Å². The van der Waals surface area contributed by atoms with E-state index in [0.717, 1.165) is 42.3 Å². The van der Waals surface area contributed by atoms with Gasteiger partial charge in [0.2, 0.25) is 0 Å². The molecule has 0 aliphatic rings. The lowest BCUT2D eigenvalue weighted by molar-refractivity contribution is 0.317. The van der Waals surface area contributed by atoms with Crippen LogP contribution in [-0.2, 0) is 6.42 Å². The molecular formula is C15H17ClN2O. The minimum Gasteiger partial charge on any atom is -0.494 e. The Bertz CT molecular complexity index is 540. The number of nitrogens with zero attached hydrogens (tertiary/aromatic N) is 2. The molecule has 0 saturated heterocycles. The number of hydrogen-bond acceptors (Lipinski definition) is 3. The Hall–Kier alpha value is -1.61. The molecule has 1 aromatic carbocycles. The van der Waals surface area contributed by atoms with Crippen LogP contribution in [0.25, 0.3) is 11.3 Å². The third-order valence-corrected chi connectivity index (χ3v) is 2.87. The molecule has 2 rings (SSSR count). The second kappa shape index (κ2) is 6.53. The molecule has 0 spiro atoms. The molecule has 100 valence electrons. The van der Waals surface area contributed by atoms with Gasteiger partial charge in [-0.3, -0.25) is 0 Å². The number of hydrogen-bond donors (Lipinski definition) is 0. The van der Waals surface area contributed by atoms with Crippen LogP contribution < -0.4 is 4.74 Å². The predicted molar refractivity (Wildman–Crippen MR) is 77.6 cm³/mol. The van der Waals surface area contributed by atoms with E-state index in [1.807, 2.05) is 31.2 Å². The number of aryl methyl sites for hydroxylation is 1. The van der Waals surface area contributed by atoms with Crippen molar-refractivity contribution in [3.8, 4) is 17.0 Å². The minimum atomic E-state index is 0.480. The van der Waals surface area contributed by atoms with Crippen molar-refractivity contribution in [2.75, 3.05) is 6.61 Å². The third kappa shape index (κ3) is 3.67. The quantitative estimate of drug-likeness (QED) is 0.770. The number of halogens is 1. The van der Waals surface area contributed by atoms with Gasteiger partial charge < -0.3 is 4.74 Å². The molecule has 4 heteroatoms. The van der Waals surface area contributed by atoms with Crippen molar-refractivity contribution in [3.63, 3.8) is 0 Å². The predicted octanol–water partition coefficient (Wildman–Crippen LogP) is 4.15. The number of rotatable bonds is 5. The average molecular weight is 277 g/mol. The van der Waals surface area contributed by atoms with E-state index in [4.69, 9.17) is 16.3 Å². The molecule has 2 aromatic rings. The fourth-order valence-electron chi connectivity index (χ4n) is 1.71. The summed E-state index contributed by atoms with van der Waals surface area (Å²) in [5.41, 5.74) is 1.86. The normalized spacial score (nSPS) is 10.5. The van der Waals surface area contributed by atoms with Gasteiger partial charge in [0.25, 0.3) is 0 Å². The van der Waals surface area contributed by atoms with Crippen molar-refractivity contribution < 1.29 is 4.74 Å². The van der Waals surface area contributed by atoms with Crippen molar-refractivity contribution in [2.24, 2.45) is 0 Å². The highest BCUT2D eigenvalue weighted by molar-refractivity contribution is 6.29. The summed E-state index contributed by atoms with van der Waals surface area (Å²) >= 11 is 6.00. The molecule has 0 unspecified atom stereocenters. The first kappa shape index (κ1) is 13.8. The maximum Gasteiger partial charge on any atom is 0.133 e. The van der Waals surface area contributed by atoms with Gasteiger partial charge in [0.15, 0.2) is 0 Å². The van der Waals surface area contributed by atoms with E-state index in [1.54, 1.807) is 6.07 Å². The molecule has 0 N–H and O–H groups in total. The molecule has 0 atom stereocenters. The van der Waals surface area contributed by atoms with E-state index in [0.29, 0.717) is 5.15 Å². The van der Waals surface area contributed by atoms with E-state index in [1.165, 1.54) is 0 Å². The standard InChI is InChI=1S/C15H17ClN2O/c1-3-9-19-12-7-5-11(6-8-12)13-10-14(16)18-15(4-2)17-13/h5-8,10H,3-4,9H2,1-2H3. The lowest BCUT2D eigenvalue weighted by Gasteiger charge is -2.07. The van der Waals surface area contributed by atoms with E-state index < -0.39 is 0 Å². The fraction of sp³-hybridized carbons (Fsp3) is 0.333. The highest BCUT2D eigenvalue weighted by Crippen LogP contribution is 2.23. The molecule has 3 nitrogen and oxygen atoms in total.